The fourth-order valence-electron chi connectivity index (χ4n) is 4.70. The Morgan fingerprint density at radius 1 is 1.25 bits per heavy atom. The Labute approximate surface area is 187 Å². The number of benzene rings is 1. The summed E-state index contributed by atoms with van der Waals surface area (Å²) in [4.78, 5) is 40.6. The summed E-state index contributed by atoms with van der Waals surface area (Å²) in [5, 5.41) is 19.3. The Morgan fingerprint density at radius 2 is 1.88 bits per heavy atom. The number of nitrogens with two attached hydrogens (primary N) is 1. The lowest BCUT2D eigenvalue weighted by Gasteiger charge is -2.44. The standard InChI is InChI=1S/C24H28N4O4/c1-14-19(22(26)31)15(2)27(4)20(14)21(30)23(32)28(17-7-5-6-16(12-17)13-25)24(3)10-8-18(29)9-11-24/h5-7,12,18,29H,8-11H2,1-4H3,(H2,26,31). The van der Waals surface area contributed by atoms with Crippen molar-refractivity contribution in [1.82, 2.24) is 4.57 Å². The molecule has 1 heterocycles. The Morgan fingerprint density at radius 3 is 2.41 bits per heavy atom. The quantitative estimate of drug-likeness (QED) is 0.549. The summed E-state index contributed by atoms with van der Waals surface area (Å²) in [6.07, 6.45) is 1.56. The molecular formula is C24H28N4O4. The van der Waals surface area contributed by atoms with E-state index in [0.717, 1.165) is 0 Å². The molecule has 0 spiro atoms. The van der Waals surface area contributed by atoms with Crippen molar-refractivity contribution < 1.29 is 19.5 Å². The number of aromatic nitrogens is 1. The van der Waals surface area contributed by atoms with Gasteiger partial charge in [-0.05, 0) is 70.2 Å². The van der Waals surface area contributed by atoms with Crippen LogP contribution in [0.2, 0.25) is 0 Å². The maximum atomic E-state index is 13.7. The van der Waals surface area contributed by atoms with Crippen molar-refractivity contribution in [1.29, 1.82) is 5.26 Å². The summed E-state index contributed by atoms with van der Waals surface area (Å²) in [6, 6.07) is 8.64. The summed E-state index contributed by atoms with van der Waals surface area (Å²) in [7, 11) is 1.62. The number of amides is 2. The maximum Gasteiger partial charge on any atom is 0.301 e. The number of Topliss-reactive ketones (excluding diaryl/α,β-unsaturated/α-hetero) is 1. The first kappa shape index (κ1) is 23.2. The van der Waals surface area contributed by atoms with Crippen LogP contribution >= 0.6 is 0 Å². The third-order valence-corrected chi connectivity index (χ3v) is 6.59. The molecule has 2 aromatic rings. The van der Waals surface area contributed by atoms with Crippen LogP contribution in [0.15, 0.2) is 24.3 Å². The predicted molar refractivity (Wildman–Crippen MR) is 119 cm³/mol. The molecule has 0 unspecified atom stereocenters. The van der Waals surface area contributed by atoms with Gasteiger partial charge in [-0.1, -0.05) is 6.07 Å². The van der Waals surface area contributed by atoms with Crippen LogP contribution in [0, 0.1) is 25.2 Å². The van der Waals surface area contributed by atoms with Gasteiger partial charge >= 0.3 is 5.91 Å². The Balaban J connectivity index is 2.13. The zero-order valence-electron chi connectivity index (χ0n) is 18.8. The van der Waals surface area contributed by atoms with Crippen molar-refractivity contribution in [2.75, 3.05) is 4.90 Å². The summed E-state index contributed by atoms with van der Waals surface area (Å²) in [5.74, 6) is -2.16. The van der Waals surface area contributed by atoms with E-state index in [1.165, 1.54) is 9.47 Å². The van der Waals surface area contributed by atoms with E-state index in [9.17, 15) is 24.8 Å². The van der Waals surface area contributed by atoms with Crippen molar-refractivity contribution >= 4 is 23.3 Å². The normalized spacial score (nSPS) is 20.4. The number of ketones is 1. The molecule has 168 valence electrons. The first-order valence-electron chi connectivity index (χ1n) is 10.5. The van der Waals surface area contributed by atoms with E-state index in [1.807, 2.05) is 6.92 Å². The van der Waals surface area contributed by atoms with Crippen LogP contribution in [0.3, 0.4) is 0 Å². The molecule has 1 aliphatic rings. The van der Waals surface area contributed by atoms with E-state index >= 15 is 0 Å². The van der Waals surface area contributed by atoms with E-state index in [2.05, 4.69) is 6.07 Å². The van der Waals surface area contributed by atoms with Gasteiger partial charge in [0.2, 0.25) is 0 Å². The van der Waals surface area contributed by atoms with Crippen molar-refractivity contribution in [3.05, 3.63) is 52.3 Å². The number of nitriles is 1. The summed E-state index contributed by atoms with van der Waals surface area (Å²) in [5.41, 5.74) is 6.81. The molecule has 0 atom stereocenters. The van der Waals surface area contributed by atoms with Crippen LogP contribution in [0.25, 0.3) is 0 Å². The lowest BCUT2D eigenvalue weighted by molar-refractivity contribution is -0.116. The number of nitrogens with zero attached hydrogens (tertiary/aromatic N) is 3. The second-order valence-electron chi connectivity index (χ2n) is 8.72. The molecular weight excluding hydrogens is 408 g/mol. The zero-order chi connectivity index (χ0) is 23.8. The fourth-order valence-corrected chi connectivity index (χ4v) is 4.70. The van der Waals surface area contributed by atoms with Crippen molar-refractivity contribution in [2.24, 2.45) is 12.8 Å². The molecule has 1 fully saturated rings. The molecule has 3 rings (SSSR count). The minimum absolute atomic E-state index is 0.113. The molecule has 1 aromatic carbocycles. The van der Waals surface area contributed by atoms with E-state index in [1.54, 1.807) is 45.2 Å². The summed E-state index contributed by atoms with van der Waals surface area (Å²) < 4.78 is 1.52. The van der Waals surface area contributed by atoms with Crippen LogP contribution < -0.4 is 10.6 Å². The first-order valence-corrected chi connectivity index (χ1v) is 10.5. The molecule has 0 bridgehead atoms. The predicted octanol–water partition coefficient (Wildman–Crippen LogP) is 2.52. The molecule has 8 heteroatoms. The first-order chi connectivity index (χ1) is 15.0. The number of primary amides is 1. The number of rotatable bonds is 5. The van der Waals surface area contributed by atoms with Gasteiger partial charge in [-0.2, -0.15) is 5.26 Å². The van der Waals surface area contributed by atoms with Crippen LogP contribution in [0.4, 0.5) is 5.69 Å². The number of hydrogen-bond donors (Lipinski definition) is 2. The van der Waals surface area contributed by atoms with Gasteiger partial charge < -0.3 is 15.4 Å². The van der Waals surface area contributed by atoms with Crippen LogP contribution in [0.1, 0.15) is 70.3 Å². The monoisotopic (exact) mass is 436 g/mol. The topological polar surface area (TPSA) is 129 Å². The van der Waals surface area contributed by atoms with Crippen LogP contribution in [-0.4, -0.2) is 38.9 Å². The molecule has 3 N–H and O–H groups in total. The van der Waals surface area contributed by atoms with Gasteiger partial charge in [0.1, 0.15) is 0 Å². The van der Waals surface area contributed by atoms with Gasteiger partial charge in [-0.3, -0.25) is 19.3 Å². The molecule has 1 aromatic heterocycles. The molecule has 0 radical (unpaired) electrons. The highest BCUT2D eigenvalue weighted by molar-refractivity contribution is 6.47. The van der Waals surface area contributed by atoms with Gasteiger partial charge in [0.15, 0.2) is 0 Å². The van der Waals surface area contributed by atoms with Gasteiger partial charge in [0.05, 0.1) is 29.0 Å². The van der Waals surface area contributed by atoms with Crippen molar-refractivity contribution in [3.8, 4) is 6.07 Å². The van der Waals surface area contributed by atoms with Crippen molar-refractivity contribution in [2.45, 2.75) is 58.1 Å². The highest BCUT2D eigenvalue weighted by atomic mass is 16.3. The Kier molecular flexibility index (Phi) is 6.24. The van der Waals surface area contributed by atoms with Crippen LogP contribution in [-0.2, 0) is 11.8 Å². The average molecular weight is 437 g/mol. The lowest BCUT2D eigenvalue weighted by Crippen LogP contribution is -2.55. The number of aliphatic hydroxyl groups is 1. The molecule has 0 saturated heterocycles. The molecule has 32 heavy (non-hydrogen) atoms. The number of carbonyl (C=O) groups excluding carboxylic acids is 3. The minimum atomic E-state index is -0.754. The highest BCUT2D eigenvalue weighted by Crippen LogP contribution is 2.38. The largest absolute Gasteiger partial charge is 0.393 e. The number of carbonyl (C=O) groups is 3. The minimum Gasteiger partial charge on any atom is -0.393 e. The van der Waals surface area contributed by atoms with Crippen LogP contribution in [0.5, 0.6) is 0 Å². The number of aliphatic hydroxyl groups excluding tert-OH is 1. The molecule has 1 aliphatic carbocycles. The van der Waals surface area contributed by atoms with Gasteiger partial charge in [0.25, 0.3) is 11.7 Å². The molecule has 2 amide bonds. The van der Waals surface area contributed by atoms with Gasteiger partial charge in [0, 0.05) is 24.0 Å². The SMILES string of the molecule is Cc1c(C(N)=O)c(C)n(C)c1C(=O)C(=O)N(c1cccc(C#N)c1)C1(C)CCC(O)CC1. The molecule has 1 saturated carbocycles. The highest BCUT2D eigenvalue weighted by Gasteiger charge is 2.43. The second kappa shape index (κ2) is 8.60. The smallest absolute Gasteiger partial charge is 0.301 e. The Hall–Kier alpha value is -3.44. The van der Waals surface area contributed by atoms with E-state index in [-0.39, 0.29) is 11.3 Å². The summed E-state index contributed by atoms with van der Waals surface area (Å²) in [6.45, 7) is 5.17. The third kappa shape index (κ3) is 3.92. The fraction of sp³-hybridized carbons (Fsp3) is 0.417. The van der Waals surface area contributed by atoms with Crippen molar-refractivity contribution in [3.63, 3.8) is 0 Å². The molecule has 0 aliphatic heterocycles. The lowest BCUT2D eigenvalue weighted by atomic mass is 9.79. The van der Waals surface area contributed by atoms with Gasteiger partial charge in [-0.15, -0.1) is 0 Å². The average Bonchev–Trinajstić information content (AvgIpc) is 2.98. The third-order valence-electron chi connectivity index (χ3n) is 6.59. The van der Waals surface area contributed by atoms with E-state index in [0.29, 0.717) is 48.2 Å². The maximum absolute atomic E-state index is 13.7. The number of hydrogen-bond acceptors (Lipinski definition) is 5. The number of anilines is 1. The van der Waals surface area contributed by atoms with E-state index < -0.39 is 29.2 Å². The van der Waals surface area contributed by atoms with E-state index in [4.69, 9.17) is 5.73 Å². The Bertz CT molecular complexity index is 1130. The zero-order valence-corrected chi connectivity index (χ0v) is 18.8. The summed E-state index contributed by atoms with van der Waals surface area (Å²) >= 11 is 0. The molecule has 8 nitrogen and oxygen atoms in total. The second-order valence-corrected chi connectivity index (χ2v) is 8.72. The van der Waals surface area contributed by atoms with Gasteiger partial charge in [-0.25, -0.2) is 0 Å².